The van der Waals surface area contributed by atoms with Gasteiger partial charge in [-0.25, -0.2) is 0 Å². The average molecular weight is 366 g/mol. The van der Waals surface area contributed by atoms with Crippen molar-refractivity contribution in [1.82, 2.24) is 15.1 Å². The fraction of sp³-hybridized carbons (Fsp3) is 0.381. The molecule has 1 aromatic carbocycles. The second-order valence-corrected chi connectivity index (χ2v) is 7.01. The standard InChI is InChI=1S/C21H26N4O2/c1-15(16-5-3-2-4-6-16)24-21(27)18-9-7-17(8-10-18)19-13-23-25(14-19)12-11-20(22)26/h5,7-10,13-15H,2-4,6,11-12H2,1H3,(H2,22,26)(H,24,27)/t15-/m0/s1. The number of aryl methyl sites for hydroxylation is 1. The molecule has 1 atom stereocenters. The summed E-state index contributed by atoms with van der Waals surface area (Å²) >= 11 is 0. The SMILES string of the molecule is C[C@H](NC(=O)c1ccc(-c2cnn(CCC(N)=O)c2)cc1)C1=CCCCC1. The van der Waals surface area contributed by atoms with Crippen molar-refractivity contribution in [2.75, 3.05) is 0 Å². The number of nitrogens with zero attached hydrogens (tertiary/aromatic N) is 2. The van der Waals surface area contributed by atoms with Crippen molar-refractivity contribution in [1.29, 1.82) is 0 Å². The van der Waals surface area contributed by atoms with E-state index in [4.69, 9.17) is 5.73 Å². The third kappa shape index (κ3) is 5.06. The Labute approximate surface area is 159 Å². The van der Waals surface area contributed by atoms with E-state index in [1.165, 1.54) is 18.4 Å². The first-order valence-corrected chi connectivity index (χ1v) is 9.44. The fourth-order valence-electron chi connectivity index (χ4n) is 3.30. The number of carbonyl (C=O) groups is 2. The number of benzene rings is 1. The molecule has 2 aromatic rings. The molecule has 3 rings (SSSR count). The molecule has 6 nitrogen and oxygen atoms in total. The number of hydrogen-bond donors (Lipinski definition) is 2. The molecule has 142 valence electrons. The summed E-state index contributed by atoms with van der Waals surface area (Å²) in [5.41, 5.74) is 9.04. The van der Waals surface area contributed by atoms with Crippen LogP contribution in [0.5, 0.6) is 0 Å². The monoisotopic (exact) mass is 366 g/mol. The fourth-order valence-corrected chi connectivity index (χ4v) is 3.30. The molecule has 0 saturated heterocycles. The lowest BCUT2D eigenvalue weighted by atomic mass is 9.94. The summed E-state index contributed by atoms with van der Waals surface area (Å²) in [7, 11) is 0. The molecule has 3 N–H and O–H groups in total. The lowest BCUT2D eigenvalue weighted by Crippen LogP contribution is -2.34. The highest BCUT2D eigenvalue weighted by molar-refractivity contribution is 5.95. The number of primary amides is 1. The largest absolute Gasteiger partial charge is 0.370 e. The van der Waals surface area contributed by atoms with Gasteiger partial charge in [-0.05, 0) is 50.3 Å². The van der Waals surface area contributed by atoms with Gasteiger partial charge in [0, 0.05) is 36.3 Å². The number of allylic oxidation sites excluding steroid dienone is 1. The zero-order valence-corrected chi connectivity index (χ0v) is 15.6. The Morgan fingerprint density at radius 3 is 2.67 bits per heavy atom. The molecule has 2 amide bonds. The Kier molecular flexibility index (Phi) is 6.06. The van der Waals surface area contributed by atoms with Crippen LogP contribution in [-0.2, 0) is 11.3 Å². The molecular formula is C21H26N4O2. The third-order valence-corrected chi connectivity index (χ3v) is 4.93. The molecule has 1 aliphatic rings. The van der Waals surface area contributed by atoms with E-state index in [2.05, 4.69) is 16.5 Å². The maximum absolute atomic E-state index is 12.5. The van der Waals surface area contributed by atoms with Gasteiger partial charge < -0.3 is 11.1 Å². The minimum absolute atomic E-state index is 0.0577. The first-order valence-electron chi connectivity index (χ1n) is 9.44. The van der Waals surface area contributed by atoms with Crippen LogP contribution in [0.15, 0.2) is 48.3 Å². The quantitative estimate of drug-likeness (QED) is 0.738. The normalized spacial score (nSPS) is 15.1. The van der Waals surface area contributed by atoms with Crippen molar-refractivity contribution in [3.63, 3.8) is 0 Å². The number of aromatic nitrogens is 2. The second kappa shape index (κ2) is 8.66. The Hall–Kier alpha value is -2.89. The Balaban J connectivity index is 1.62. The van der Waals surface area contributed by atoms with E-state index >= 15 is 0 Å². The van der Waals surface area contributed by atoms with Crippen molar-refractivity contribution in [2.24, 2.45) is 5.73 Å². The highest BCUT2D eigenvalue weighted by atomic mass is 16.2. The van der Waals surface area contributed by atoms with Gasteiger partial charge >= 0.3 is 0 Å². The van der Waals surface area contributed by atoms with E-state index in [-0.39, 0.29) is 24.3 Å². The molecule has 0 aliphatic heterocycles. The van der Waals surface area contributed by atoms with Gasteiger partial charge in [0.25, 0.3) is 5.91 Å². The number of hydrogen-bond acceptors (Lipinski definition) is 3. The van der Waals surface area contributed by atoms with E-state index in [0.717, 1.165) is 24.0 Å². The number of nitrogens with two attached hydrogens (primary N) is 1. The van der Waals surface area contributed by atoms with Crippen LogP contribution in [0.1, 0.15) is 49.4 Å². The molecule has 0 saturated carbocycles. The van der Waals surface area contributed by atoms with Gasteiger partial charge in [0.05, 0.1) is 6.20 Å². The summed E-state index contributed by atoms with van der Waals surface area (Å²) in [6.07, 6.45) is 10.8. The van der Waals surface area contributed by atoms with Gasteiger partial charge in [0.2, 0.25) is 5.91 Å². The highest BCUT2D eigenvalue weighted by Crippen LogP contribution is 2.21. The van der Waals surface area contributed by atoms with Crippen molar-refractivity contribution >= 4 is 11.8 Å². The van der Waals surface area contributed by atoms with Crippen LogP contribution in [-0.4, -0.2) is 27.6 Å². The number of nitrogens with one attached hydrogen (secondary N) is 1. The van der Waals surface area contributed by atoms with E-state index in [0.29, 0.717) is 12.1 Å². The van der Waals surface area contributed by atoms with Crippen LogP contribution in [0, 0.1) is 0 Å². The molecule has 0 radical (unpaired) electrons. The minimum Gasteiger partial charge on any atom is -0.370 e. The van der Waals surface area contributed by atoms with Crippen molar-refractivity contribution in [3.8, 4) is 11.1 Å². The molecule has 27 heavy (non-hydrogen) atoms. The zero-order chi connectivity index (χ0) is 19.2. The molecule has 1 aliphatic carbocycles. The zero-order valence-electron chi connectivity index (χ0n) is 15.6. The maximum atomic E-state index is 12.5. The molecule has 1 heterocycles. The minimum atomic E-state index is -0.347. The Morgan fingerprint density at radius 2 is 2.00 bits per heavy atom. The van der Waals surface area contributed by atoms with Crippen molar-refractivity contribution in [3.05, 3.63) is 53.9 Å². The van der Waals surface area contributed by atoms with Crippen molar-refractivity contribution in [2.45, 2.75) is 51.6 Å². The van der Waals surface area contributed by atoms with Crippen LogP contribution in [0.25, 0.3) is 11.1 Å². The molecule has 0 unspecified atom stereocenters. The van der Waals surface area contributed by atoms with Gasteiger partial charge in [-0.1, -0.05) is 23.8 Å². The van der Waals surface area contributed by atoms with E-state index in [1.54, 1.807) is 10.9 Å². The van der Waals surface area contributed by atoms with E-state index in [1.807, 2.05) is 37.4 Å². The first kappa shape index (κ1) is 18.9. The van der Waals surface area contributed by atoms with Gasteiger partial charge in [0.1, 0.15) is 0 Å². The van der Waals surface area contributed by atoms with Gasteiger partial charge in [-0.15, -0.1) is 0 Å². The number of rotatable bonds is 7. The average Bonchev–Trinajstić information content (AvgIpc) is 3.16. The molecule has 0 spiro atoms. The maximum Gasteiger partial charge on any atom is 0.251 e. The molecule has 0 bridgehead atoms. The number of carbonyl (C=O) groups excluding carboxylic acids is 2. The van der Waals surface area contributed by atoms with Gasteiger partial charge in [-0.2, -0.15) is 5.10 Å². The van der Waals surface area contributed by atoms with Crippen LogP contribution in [0.2, 0.25) is 0 Å². The Morgan fingerprint density at radius 1 is 1.22 bits per heavy atom. The summed E-state index contributed by atoms with van der Waals surface area (Å²) < 4.78 is 1.69. The third-order valence-electron chi connectivity index (χ3n) is 4.93. The summed E-state index contributed by atoms with van der Waals surface area (Å²) in [6.45, 7) is 2.51. The smallest absolute Gasteiger partial charge is 0.251 e. The summed E-state index contributed by atoms with van der Waals surface area (Å²) in [4.78, 5) is 23.4. The predicted octanol–water partition coefficient (Wildman–Crippen LogP) is 3.04. The van der Waals surface area contributed by atoms with Crippen molar-refractivity contribution < 1.29 is 9.59 Å². The lowest BCUT2D eigenvalue weighted by Gasteiger charge is -2.21. The molecule has 0 fully saturated rings. The van der Waals surface area contributed by atoms with E-state index < -0.39 is 0 Å². The molecule has 6 heteroatoms. The predicted molar refractivity (Wildman–Crippen MR) is 105 cm³/mol. The molecular weight excluding hydrogens is 340 g/mol. The topological polar surface area (TPSA) is 90.0 Å². The summed E-state index contributed by atoms with van der Waals surface area (Å²) in [5, 5.41) is 7.33. The Bertz CT molecular complexity index is 836. The molecule has 1 aromatic heterocycles. The highest BCUT2D eigenvalue weighted by Gasteiger charge is 2.15. The summed E-state index contributed by atoms with van der Waals surface area (Å²) in [5.74, 6) is -0.404. The van der Waals surface area contributed by atoms with Crippen LogP contribution >= 0.6 is 0 Å². The van der Waals surface area contributed by atoms with Gasteiger partial charge in [-0.3, -0.25) is 14.3 Å². The first-order chi connectivity index (χ1) is 13.0. The van der Waals surface area contributed by atoms with E-state index in [9.17, 15) is 9.59 Å². The van der Waals surface area contributed by atoms with Crippen LogP contribution < -0.4 is 11.1 Å². The van der Waals surface area contributed by atoms with Gasteiger partial charge in [0.15, 0.2) is 0 Å². The van der Waals surface area contributed by atoms with Crippen LogP contribution in [0.4, 0.5) is 0 Å². The number of amides is 2. The van der Waals surface area contributed by atoms with Crippen LogP contribution in [0.3, 0.4) is 0 Å². The summed E-state index contributed by atoms with van der Waals surface area (Å²) in [6, 6.07) is 7.55. The second-order valence-electron chi connectivity index (χ2n) is 7.01. The lowest BCUT2D eigenvalue weighted by molar-refractivity contribution is -0.118.